The second kappa shape index (κ2) is 2.81. The predicted molar refractivity (Wildman–Crippen MR) is 67.9 cm³/mol. The Bertz CT molecular complexity index is 435. The third-order valence-electron chi connectivity index (χ3n) is 2.30. The lowest BCUT2D eigenvalue weighted by Crippen LogP contribution is -1.74. The van der Waals surface area contributed by atoms with Crippen LogP contribution in [0.25, 0.3) is 9.75 Å². The van der Waals surface area contributed by atoms with Gasteiger partial charge in [0.05, 0.1) is 2.88 Å². The van der Waals surface area contributed by atoms with E-state index in [1.54, 1.807) is 5.56 Å². The highest BCUT2D eigenvalue weighted by Gasteiger charge is 2.23. The van der Waals surface area contributed by atoms with Gasteiger partial charge in [-0.15, -0.1) is 22.7 Å². The minimum absolute atomic E-state index is 1.16. The Kier molecular flexibility index (Phi) is 1.82. The molecule has 13 heavy (non-hydrogen) atoms. The molecule has 0 aromatic carbocycles. The van der Waals surface area contributed by atoms with Crippen LogP contribution < -0.4 is 0 Å². The summed E-state index contributed by atoms with van der Waals surface area (Å²) in [5.41, 5.74) is 3.08. The number of halogens is 1. The van der Waals surface area contributed by atoms with Crippen LogP contribution in [0.15, 0.2) is 12.1 Å². The van der Waals surface area contributed by atoms with Crippen molar-refractivity contribution in [3.63, 3.8) is 0 Å². The Morgan fingerprint density at radius 2 is 1.85 bits per heavy atom. The van der Waals surface area contributed by atoms with Crippen LogP contribution in [0.4, 0.5) is 0 Å². The van der Waals surface area contributed by atoms with E-state index in [4.69, 9.17) is 0 Å². The average Bonchev–Trinajstić information content (AvgIpc) is 2.60. The number of hydrogen-bond acceptors (Lipinski definition) is 2. The van der Waals surface area contributed by atoms with E-state index in [9.17, 15) is 0 Å². The van der Waals surface area contributed by atoms with E-state index in [-0.39, 0.29) is 0 Å². The quantitative estimate of drug-likeness (QED) is 0.542. The van der Waals surface area contributed by atoms with E-state index in [1.165, 1.54) is 23.1 Å². The Morgan fingerprint density at radius 1 is 1.15 bits per heavy atom. The molecule has 0 nitrogen and oxygen atoms in total. The average molecular weight is 318 g/mol. The normalized spacial score (nSPS) is 13.1. The maximum Gasteiger partial charge on any atom is 0.0663 e. The van der Waals surface area contributed by atoms with E-state index < -0.39 is 0 Å². The van der Waals surface area contributed by atoms with E-state index in [1.807, 2.05) is 22.7 Å². The van der Waals surface area contributed by atoms with Crippen LogP contribution in [0.5, 0.6) is 0 Å². The largest absolute Gasteiger partial charge is 0.139 e. The van der Waals surface area contributed by atoms with Gasteiger partial charge in [0.15, 0.2) is 0 Å². The first-order valence-electron chi connectivity index (χ1n) is 4.12. The summed E-state index contributed by atoms with van der Waals surface area (Å²) in [6, 6.07) is 4.65. The molecule has 0 saturated heterocycles. The third-order valence-corrected chi connectivity index (χ3v) is 5.49. The molecule has 1 aliphatic rings. The molecule has 0 unspecified atom stereocenters. The molecule has 0 aliphatic heterocycles. The Labute approximate surface area is 98.8 Å². The topological polar surface area (TPSA) is 0 Å². The molecule has 2 aromatic heterocycles. The Morgan fingerprint density at radius 3 is 2.69 bits per heavy atom. The monoisotopic (exact) mass is 318 g/mol. The molecule has 2 aromatic rings. The second-order valence-electron chi connectivity index (χ2n) is 3.29. The highest BCUT2D eigenvalue weighted by Crippen LogP contribution is 2.46. The fourth-order valence-corrected chi connectivity index (χ4v) is 4.99. The minimum Gasteiger partial charge on any atom is -0.139 e. The second-order valence-corrected chi connectivity index (χ2v) is 7.50. The maximum absolute atomic E-state index is 2.41. The van der Waals surface area contributed by atoms with Crippen molar-refractivity contribution in [3.8, 4) is 9.75 Å². The van der Waals surface area contributed by atoms with Crippen LogP contribution >= 0.6 is 45.3 Å². The van der Waals surface area contributed by atoms with Gasteiger partial charge in [0, 0.05) is 21.1 Å². The first-order chi connectivity index (χ1) is 6.24. The highest BCUT2D eigenvalue weighted by atomic mass is 127. The van der Waals surface area contributed by atoms with Gasteiger partial charge in [0.2, 0.25) is 0 Å². The molecule has 3 rings (SSSR count). The van der Waals surface area contributed by atoms with E-state index in [2.05, 4.69) is 41.6 Å². The lowest BCUT2D eigenvalue weighted by molar-refractivity contribution is 1.27. The van der Waals surface area contributed by atoms with Crippen LogP contribution in [0.2, 0.25) is 0 Å². The van der Waals surface area contributed by atoms with Gasteiger partial charge < -0.3 is 0 Å². The van der Waals surface area contributed by atoms with Gasteiger partial charge in [0.25, 0.3) is 0 Å². The summed E-state index contributed by atoms with van der Waals surface area (Å²) in [6.45, 7) is 2.20. The molecule has 66 valence electrons. The molecule has 0 fully saturated rings. The minimum atomic E-state index is 1.16. The first kappa shape index (κ1) is 8.44. The number of thiophene rings is 2. The molecule has 0 radical (unpaired) electrons. The Balaban J connectivity index is 2.28. The number of hydrogen-bond donors (Lipinski definition) is 0. The zero-order chi connectivity index (χ0) is 9.00. The van der Waals surface area contributed by atoms with Crippen LogP contribution in [-0.2, 0) is 6.42 Å². The summed E-state index contributed by atoms with van der Waals surface area (Å²) < 4.78 is 1.42. The van der Waals surface area contributed by atoms with E-state index >= 15 is 0 Å². The van der Waals surface area contributed by atoms with Crippen molar-refractivity contribution in [3.05, 3.63) is 31.0 Å². The van der Waals surface area contributed by atoms with Crippen molar-refractivity contribution in [2.75, 3.05) is 0 Å². The van der Waals surface area contributed by atoms with Crippen molar-refractivity contribution < 1.29 is 0 Å². The van der Waals surface area contributed by atoms with Gasteiger partial charge in [-0.1, -0.05) is 0 Å². The van der Waals surface area contributed by atoms with Gasteiger partial charge >= 0.3 is 0 Å². The van der Waals surface area contributed by atoms with Crippen LogP contribution in [0.3, 0.4) is 0 Å². The summed E-state index contributed by atoms with van der Waals surface area (Å²) in [6.07, 6.45) is 1.16. The maximum atomic E-state index is 2.41. The standard InChI is InChI=1S/C10H7IS2/c1-5-2-6-3-7-4-8(11)13-10(7)9(6)12-5/h2,4H,3H2,1H3. The third kappa shape index (κ3) is 1.21. The molecule has 2 heterocycles. The van der Waals surface area contributed by atoms with Crippen molar-refractivity contribution in [1.82, 2.24) is 0 Å². The number of rotatable bonds is 0. The first-order valence-corrected chi connectivity index (χ1v) is 6.83. The van der Waals surface area contributed by atoms with Crippen molar-refractivity contribution in [1.29, 1.82) is 0 Å². The SMILES string of the molecule is Cc1cc2c(s1)-c1sc(I)cc1C2. The molecule has 0 spiro atoms. The van der Waals surface area contributed by atoms with Gasteiger partial charge in [-0.2, -0.15) is 0 Å². The molecule has 0 saturated carbocycles. The molecule has 0 N–H and O–H groups in total. The van der Waals surface area contributed by atoms with Gasteiger partial charge in [0.1, 0.15) is 0 Å². The molecule has 3 heteroatoms. The van der Waals surface area contributed by atoms with Gasteiger partial charge in [-0.05, 0) is 52.8 Å². The Hall–Kier alpha value is 0.130. The van der Waals surface area contributed by atoms with Crippen molar-refractivity contribution in [2.24, 2.45) is 0 Å². The van der Waals surface area contributed by atoms with Crippen molar-refractivity contribution >= 4 is 45.3 Å². The molecule has 1 aliphatic carbocycles. The predicted octanol–water partition coefficient (Wildman–Crippen LogP) is 4.29. The van der Waals surface area contributed by atoms with Crippen LogP contribution in [0, 0.1) is 9.81 Å². The van der Waals surface area contributed by atoms with Gasteiger partial charge in [-0.25, -0.2) is 0 Å². The summed E-state index contributed by atoms with van der Waals surface area (Å²) >= 11 is 6.28. The summed E-state index contributed by atoms with van der Waals surface area (Å²) in [4.78, 5) is 4.50. The summed E-state index contributed by atoms with van der Waals surface area (Å²) in [5, 5.41) is 0. The van der Waals surface area contributed by atoms with Crippen LogP contribution in [-0.4, -0.2) is 0 Å². The highest BCUT2D eigenvalue weighted by molar-refractivity contribution is 14.1. The zero-order valence-electron chi connectivity index (χ0n) is 7.06. The van der Waals surface area contributed by atoms with E-state index in [0.717, 1.165) is 6.42 Å². The zero-order valence-corrected chi connectivity index (χ0v) is 10.8. The van der Waals surface area contributed by atoms with E-state index in [0.29, 0.717) is 0 Å². The molecule has 0 amide bonds. The molecule has 0 atom stereocenters. The summed E-state index contributed by atoms with van der Waals surface area (Å²) in [7, 11) is 0. The molecular weight excluding hydrogens is 311 g/mol. The number of aryl methyl sites for hydroxylation is 1. The molecular formula is C10H7IS2. The number of fused-ring (bicyclic) bond motifs is 3. The fourth-order valence-electron chi connectivity index (χ4n) is 1.81. The smallest absolute Gasteiger partial charge is 0.0663 e. The lowest BCUT2D eigenvalue weighted by Gasteiger charge is -1.86. The summed E-state index contributed by atoms with van der Waals surface area (Å²) in [5.74, 6) is 0. The molecule has 0 bridgehead atoms. The lowest BCUT2D eigenvalue weighted by atomic mass is 10.2. The van der Waals surface area contributed by atoms with Crippen molar-refractivity contribution in [2.45, 2.75) is 13.3 Å². The van der Waals surface area contributed by atoms with Gasteiger partial charge in [-0.3, -0.25) is 0 Å². The van der Waals surface area contributed by atoms with Crippen LogP contribution in [0.1, 0.15) is 16.0 Å². The fraction of sp³-hybridized carbons (Fsp3) is 0.200.